The van der Waals surface area contributed by atoms with Gasteiger partial charge in [-0.15, -0.1) is 0 Å². The Kier molecular flexibility index (Phi) is 5.16. The first-order chi connectivity index (χ1) is 13.2. The lowest BCUT2D eigenvalue weighted by Gasteiger charge is -2.32. The van der Waals surface area contributed by atoms with E-state index >= 15 is 0 Å². The number of amides is 1. The molecule has 0 saturated carbocycles. The molecular weight excluding hydrogens is 339 g/mol. The highest BCUT2D eigenvalue weighted by Crippen LogP contribution is 2.32. The van der Waals surface area contributed by atoms with Gasteiger partial charge in [-0.1, -0.05) is 42.5 Å². The minimum atomic E-state index is -0.302. The van der Waals surface area contributed by atoms with Crippen molar-refractivity contribution in [1.82, 2.24) is 4.90 Å². The Bertz CT molecular complexity index is 925. The molecule has 1 heterocycles. The molecule has 1 aliphatic heterocycles. The van der Waals surface area contributed by atoms with E-state index in [4.69, 9.17) is 0 Å². The first-order valence-electron chi connectivity index (χ1n) is 9.44. The number of anilines is 1. The second-order valence-corrected chi connectivity index (χ2v) is 7.17. The number of carbonyl (C=O) groups excluding carboxylic acids is 1. The van der Waals surface area contributed by atoms with Crippen LogP contribution >= 0.6 is 0 Å². The van der Waals surface area contributed by atoms with Crippen LogP contribution in [-0.4, -0.2) is 30.4 Å². The Labute approximate surface area is 158 Å². The van der Waals surface area contributed by atoms with E-state index in [1.54, 1.807) is 12.1 Å². The van der Waals surface area contributed by atoms with Gasteiger partial charge in [0.1, 0.15) is 5.82 Å². The Morgan fingerprint density at radius 2 is 1.67 bits per heavy atom. The molecule has 1 fully saturated rings. The van der Waals surface area contributed by atoms with Gasteiger partial charge in [-0.3, -0.25) is 9.69 Å². The number of piperidine rings is 1. The van der Waals surface area contributed by atoms with Crippen LogP contribution in [-0.2, 0) is 4.79 Å². The van der Waals surface area contributed by atoms with Crippen LogP contribution < -0.4 is 5.32 Å². The molecule has 4 heteroatoms. The minimum Gasteiger partial charge on any atom is -0.325 e. The number of halogens is 1. The quantitative estimate of drug-likeness (QED) is 0.723. The Balaban J connectivity index is 1.34. The van der Waals surface area contributed by atoms with Gasteiger partial charge in [0.25, 0.3) is 0 Å². The fourth-order valence-electron chi connectivity index (χ4n) is 3.95. The van der Waals surface area contributed by atoms with Crippen LogP contribution in [0.5, 0.6) is 0 Å². The number of nitrogens with zero attached hydrogens (tertiary/aromatic N) is 1. The highest BCUT2D eigenvalue weighted by atomic mass is 19.1. The van der Waals surface area contributed by atoms with Gasteiger partial charge in [0.05, 0.1) is 6.54 Å². The fraction of sp³-hybridized carbons (Fsp3) is 0.261. The van der Waals surface area contributed by atoms with Crippen molar-refractivity contribution in [2.24, 2.45) is 0 Å². The molecule has 0 aliphatic carbocycles. The molecule has 1 aliphatic rings. The van der Waals surface area contributed by atoms with Crippen LogP contribution in [0.25, 0.3) is 10.8 Å². The minimum absolute atomic E-state index is 0.0507. The van der Waals surface area contributed by atoms with E-state index in [9.17, 15) is 9.18 Å². The molecule has 0 bridgehead atoms. The lowest BCUT2D eigenvalue weighted by molar-refractivity contribution is -0.117. The van der Waals surface area contributed by atoms with Crippen molar-refractivity contribution in [3.63, 3.8) is 0 Å². The maximum atomic E-state index is 12.9. The van der Waals surface area contributed by atoms with Crippen LogP contribution in [0.2, 0.25) is 0 Å². The van der Waals surface area contributed by atoms with E-state index in [1.807, 2.05) is 0 Å². The van der Waals surface area contributed by atoms with Gasteiger partial charge in [0, 0.05) is 5.69 Å². The molecule has 0 aromatic heterocycles. The molecule has 27 heavy (non-hydrogen) atoms. The summed E-state index contributed by atoms with van der Waals surface area (Å²) < 4.78 is 12.9. The smallest absolute Gasteiger partial charge is 0.238 e. The van der Waals surface area contributed by atoms with Crippen molar-refractivity contribution in [1.29, 1.82) is 0 Å². The van der Waals surface area contributed by atoms with Crippen molar-refractivity contribution in [3.05, 3.63) is 78.1 Å². The zero-order chi connectivity index (χ0) is 18.6. The van der Waals surface area contributed by atoms with Crippen LogP contribution in [0, 0.1) is 5.82 Å². The van der Waals surface area contributed by atoms with Crippen molar-refractivity contribution in [2.45, 2.75) is 18.8 Å². The van der Waals surface area contributed by atoms with Gasteiger partial charge in [0.15, 0.2) is 0 Å². The van der Waals surface area contributed by atoms with Crippen LogP contribution in [0.4, 0.5) is 10.1 Å². The lowest BCUT2D eigenvalue weighted by atomic mass is 9.86. The number of hydrogen-bond acceptors (Lipinski definition) is 2. The first kappa shape index (κ1) is 17.7. The zero-order valence-corrected chi connectivity index (χ0v) is 15.2. The van der Waals surface area contributed by atoms with Gasteiger partial charge in [-0.05, 0) is 72.5 Å². The van der Waals surface area contributed by atoms with Crippen LogP contribution in [0.1, 0.15) is 24.3 Å². The summed E-state index contributed by atoms with van der Waals surface area (Å²) in [5.41, 5.74) is 2.05. The Hall–Kier alpha value is -2.72. The summed E-state index contributed by atoms with van der Waals surface area (Å²) in [4.78, 5) is 14.4. The third-order valence-corrected chi connectivity index (χ3v) is 5.35. The topological polar surface area (TPSA) is 32.3 Å². The molecule has 3 aromatic carbocycles. The predicted molar refractivity (Wildman–Crippen MR) is 107 cm³/mol. The molecule has 0 atom stereocenters. The van der Waals surface area contributed by atoms with Gasteiger partial charge in [-0.25, -0.2) is 4.39 Å². The zero-order valence-electron chi connectivity index (χ0n) is 15.2. The van der Waals surface area contributed by atoms with Gasteiger partial charge < -0.3 is 5.32 Å². The Morgan fingerprint density at radius 3 is 2.44 bits per heavy atom. The third kappa shape index (κ3) is 4.17. The average molecular weight is 362 g/mol. The summed E-state index contributed by atoms with van der Waals surface area (Å²) in [5.74, 6) is 0.182. The maximum Gasteiger partial charge on any atom is 0.238 e. The number of nitrogens with one attached hydrogen (secondary N) is 1. The van der Waals surface area contributed by atoms with Crippen molar-refractivity contribution >= 4 is 22.4 Å². The van der Waals surface area contributed by atoms with E-state index in [2.05, 4.69) is 52.7 Å². The van der Waals surface area contributed by atoms with Crippen molar-refractivity contribution in [2.75, 3.05) is 25.0 Å². The molecule has 1 amide bonds. The lowest BCUT2D eigenvalue weighted by Crippen LogP contribution is -2.38. The summed E-state index contributed by atoms with van der Waals surface area (Å²) in [5, 5.41) is 5.46. The van der Waals surface area contributed by atoms with Gasteiger partial charge >= 0.3 is 0 Å². The highest BCUT2D eigenvalue weighted by Gasteiger charge is 2.23. The molecule has 0 spiro atoms. The summed E-state index contributed by atoms with van der Waals surface area (Å²) in [6, 6.07) is 20.9. The van der Waals surface area contributed by atoms with Crippen LogP contribution in [0.15, 0.2) is 66.7 Å². The summed E-state index contributed by atoms with van der Waals surface area (Å²) in [6.45, 7) is 2.19. The van der Waals surface area contributed by atoms with Crippen LogP contribution in [0.3, 0.4) is 0 Å². The van der Waals surface area contributed by atoms with E-state index in [-0.39, 0.29) is 11.7 Å². The molecule has 4 rings (SSSR count). The van der Waals surface area contributed by atoms with Gasteiger partial charge in [0.2, 0.25) is 5.91 Å². The second kappa shape index (κ2) is 7.89. The number of carbonyl (C=O) groups is 1. The molecule has 0 radical (unpaired) electrons. The molecule has 0 unspecified atom stereocenters. The van der Waals surface area contributed by atoms with Gasteiger partial charge in [-0.2, -0.15) is 0 Å². The summed E-state index contributed by atoms with van der Waals surface area (Å²) >= 11 is 0. The SMILES string of the molecule is O=C(CN1CCC(c2cccc3ccccc23)CC1)Nc1ccc(F)cc1. The van der Waals surface area contributed by atoms with Crippen molar-refractivity contribution in [3.8, 4) is 0 Å². The number of fused-ring (bicyclic) bond motifs is 1. The first-order valence-corrected chi connectivity index (χ1v) is 9.44. The molecule has 3 nitrogen and oxygen atoms in total. The monoisotopic (exact) mass is 362 g/mol. The number of hydrogen-bond donors (Lipinski definition) is 1. The molecule has 3 aromatic rings. The van der Waals surface area contributed by atoms with E-state index in [0.29, 0.717) is 18.2 Å². The largest absolute Gasteiger partial charge is 0.325 e. The van der Waals surface area contributed by atoms with E-state index in [1.165, 1.54) is 28.5 Å². The molecule has 138 valence electrons. The van der Waals surface area contributed by atoms with E-state index < -0.39 is 0 Å². The molecule has 1 N–H and O–H groups in total. The summed E-state index contributed by atoms with van der Waals surface area (Å²) in [7, 11) is 0. The Morgan fingerprint density at radius 1 is 0.963 bits per heavy atom. The van der Waals surface area contributed by atoms with E-state index in [0.717, 1.165) is 25.9 Å². The second-order valence-electron chi connectivity index (χ2n) is 7.17. The normalized spacial score (nSPS) is 15.7. The summed E-state index contributed by atoms with van der Waals surface area (Å²) in [6.07, 6.45) is 2.11. The average Bonchev–Trinajstić information content (AvgIpc) is 2.70. The molecule has 1 saturated heterocycles. The number of rotatable bonds is 4. The fourth-order valence-corrected chi connectivity index (χ4v) is 3.95. The maximum absolute atomic E-state index is 12.9. The third-order valence-electron chi connectivity index (χ3n) is 5.35. The van der Waals surface area contributed by atoms with Crippen molar-refractivity contribution < 1.29 is 9.18 Å². The highest BCUT2D eigenvalue weighted by molar-refractivity contribution is 5.92. The number of benzene rings is 3. The molecular formula is C23H23FN2O. The predicted octanol–water partition coefficient (Wildman–Crippen LogP) is 4.80. The number of likely N-dealkylation sites (tertiary alicyclic amines) is 1. The standard InChI is InChI=1S/C23H23FN2O/c24-19-8-10-20(11-9-19)25-23(27)16-26-14-12-18(13-15-26)22-7-3-5-17-4-1-2-6-21(17)22/h1-11,18H,12-16H2,(H,25,27).